The summed E-state index contributed by atoms with van der Waals surface area (Å²) in [6, 6.07) is 7.18. The molecule has 0 spiro atoms. The molecule has 1 aromatic carbocycles. The Labute approximate surface area is 140 Å². The Balaban J connectivity index is 2.58. The topological polar surface area (TPSA) is 38.8 Å². The standard InChI is InChI=1S/C19H31NO3/c1-6-17(13-20(7-2)8-3)23-19(21)16-9-11-18(12-10-16)22-14-15(4)5/h9-12,15,17H,6-8,13-14H2,1-5H3. The lowest BCUT2D eigenvalue weighted by molar-refractivity contribution is 0.0201. The van der Waals surface area contributed by atoms with E-state index in [4.69, 9.17) is 9.47 Å². The van der Waals surface area contributed by atoms with Crippen molar-refractivity contribution in [3.63, 3.8) is 0 Å². The zero-order chi connectivity index (χ0) is 17.2. The van der Waals surface area contributed by atoms with Gasteiger partial charge in [-0.15, -0.1) is 0 Å². The molecule has 0 saturated carbocycles. The van der Waals surface area contributed by atoms with Gasteiger partial charge in [-0.25, -0.2) is 4.79 Å². The molecular weight excluding hydrogens is 290 g/mol. The minimum atomic E-state index is -0.264. The van der Waals surface area contributed by atoms with Gasteiger partial charge in [0.2, 0.25) is 0 Å². The van der Waals surface area contributed by atoms with E-state index in [-0.39, 0.29) is 12.1 Å². The first-order chi connectivity index (χ1) is 11.0. The lowest BCUT2D eigenvalue weighted by Gasteiger charge is -2.24. The van der Waals surface area contributed by atoms with E-state index in [0.29, 0.717) is 18.1 Å². The minimum absolute atomic E-state index is 0.0701. The van der Waals surface area contributed by atoms with Gasteiger partial charge in [0, 0.05) is 6.54 Å². The maximum atomic E-state index is 12.3. The highest BCUT2D eigenvalue weighted by atomic mass is 16.5. The first-order valence-corrected chi connectivity index (χ1v) is 8.66. The van der Waals surface area contributed by atoms with Crippen molar-refractivity contribution in [3.05, 3.63) is 29.8 Å². The zero-order valence-electron chi connectivity index (χ0n) is 15.2. The predicted octanol–water partition coefficient (Wildman–Crippen LogP) is 4.00. The molecule has 0 amide bonds. The van der Waals surface area contributed by atoms with Crippen molar-refractivity contribution in [2.24, 2.45) is 5.92 Å². The summed E-state index contributed by atoms with van der Waals surface area (Å²) < 4.78 is 11.3. The number of esters is 1. The molecule has 4 nitrogen and oxygen atoms in total. The van der Waals surface area contributed by atoms with Crippen molar-refractivity contribution in [2.45, 2.75) is 47.1 Å². The lowest BCUT2D eigenvalue weighted by Crippen LogP contribution is -2.34. The summed E-state index contributed by atoms with van der Waals surface area (Å²) in [4.78, 5) is 14.5. The van der Waals surface area contributed by atoms with E-state index in [1.165, 1.54) is 0 Å². The molecular formula is C19H31NO3. The van der Waals surface area contributed by atoms with Crippen LogP contribution < -0.4 is 4.74 Å². The summed E-state index contributed by atoms with van der Waals surface area (Å²) in [7, 11) is 0. The number of likely N-dealkylation sites (N-methyl/N-ethyl adjacent to an activating group) is 1. The van der Waals surface area contributed by atoms with Gasteiger partial charge in [-0.1, -0.05) is 34.6 Å². The monoisotopic (exact) mass is 321 g/mol. The summed E-state index contributed by atoms with van der Waals surface area (Å²) in [6.45, 7) is 13.9. The van der Waals surface area contributed by atoms with Crippen molar-refractivity contribution < 1.29 is 14.3 Å². The van der Waals surface area contributed by atoms with E-state index in [0.717, 1.165) is 31.8 Å². The third kappa shape index (κ3) is 7.04. The van der Waals surface area contributed by atoms with Gasteiger partial charge in [0.15, 0.2) is 0 Å². The van der Waals surface area contributed by atoms with Crippen LogP contribution >= 0.6 is 0 Å². The highest BCUT2D eigenvalue weighted by molar-refractivity contribution is 5.89. The molecule has 1 rings (SSSR count). The molecule has 1 unspecified atom stereocenters. The van der Waals surface area contributed by atoms with Crippen LogP contribution in [0.4, 0.5) is 0 Å². The van der Waals surface area contributed by atoms with E-state index in [9.17, 15) is 4.79 Å². The Morgan fingerprint density at radius 1 is 1.09 bits per heavy atom. The third-order valence-corrected chi connectivity index (χ3v) is 3.76. The number of hydrogen-bond donors (Lipinski definition) is 0. The van der Waals surface area contributed by atoms with Crippen molar-refractivity contribution >= 4 is 5.97 Å². The van der Waals surface area contributed by atoms with Crippen molar-refractivity contribution in [1.29, 1.82) is 0 Å². The van der Waals surface area contributed by atoms with Crippen LogP contribution in [0.15, 0.2) is 24.3 Å². The smallest absolute Gasteiger partial charge is 0.338 e. The van der Waals surface area contributed by atoms with Gasteiger partial charge in [0.05, 0.1) is 12.2 Å². The molecule has 4 heteroatoms. The number of hydrogen-bond acceptors (Lipinski definition) is 4. The van der Waals surface area contributed by atoms with E-state index in [2.05, 4.69) is 32.6 Å². The Bertz CT molecular complexity index is 452. The average molecular weight is 321 g/mol. The molecule has 0 N–H and O–H groups in total. The third-order valence-electron chi connectivity index (χ3n) is 3.76. The van der Waals surface area contributed by atoms with Crippen LogP contribution in [0.3, 0.4) is 0 Å². The predicted molar refractivity (Wildman–Crippen MR) is 94.1 cm³/mol. The largest absolute Gasteiger partial charge is 0.493 e. The van der Waals surface area contributed by atoms with Crippen molar-refractivity contribution in [3.8, 4) is 5.75 Å². The van der Waals surface area contributed by atoms with Crippen LogP contribution in [0.1, 0.15) is 51.4 Å². The van der Waals surface area contributed by atoms with E-state index < -0.39 is 0 Å². The lowest BCUT2D eigenvalue weighted by atomic mass is 10.2. The van der Waals surface area contributed by atoms with Gasteiger partial charge in [-0.05, 0) is 49.7 Å². The summed E-state index contributed by atoms with van der Waals surface area (Å²) in [6.07, 6.45) is 0.747. The fourth-order valence-electron chi connectivity index (χ4n) is 2.19. The second kappa shape index (κ2) is 10.3. The van der Waals surface area contributed by atoms with Crippen LogP contribution in [-0.4, -0.2) is 43.2 Å². The molecule has 1 atom stereocenters. The second-order valence-electron chi connectivity index (χ2n) is 6.15. The quantitative estimate of drug-likeness (QED) is 0.611. The number of rotatable bonds is 10. The van der Waals surface area contributed by atoms with Gasteiger partial charge in [0.1, 0.15) is 11.9 Å². The van der Waals surface area contributed by atoms with Crippen molar-refractivity contribution in [1.82, 2.24) is 4.90 Å². The Morgan fingerprint density at radius 2 is 1.70 bits per heavy atom. The van der Waals surface area contributed by atoms with E-state index >= 15 is 0 Å². The van der Waals surface area contributed by atoms with E-state index in [1.54, 1.807) is 12.1 Å². The summed E-state index contributed by atoms with van der Waals surface area (Å²) in [5, 5.41) is 0. The number of benzene rings is 1. The van der Waals surface area contributed by atoms with Crippen molar-refractivity contribution in [2.75, 3.05) is 26.2 Å². The number of carbonyl (C=O) groups is 1. The molecule has 1 aromatic rings. The fraction of sp³-hybridized carbons (Fsp3) is 0.632. The molecule has 0 saturated heterocycles. The number of carbonyl (C=O) groups excluding carboxylic acids is 1. The molecule has 0 radical (unpaired) electrons. The molecule has 23 heavy (non-hydrogen) atoms. The molecule has 130 valence electrons. The molecule has 0 fully saturated rings. The Kier molecular flexibility index (Phi) is 8.70. The summed E-state index contributed by atoms with van der Waals surface area (Å²) in [5.41, 5.74) is 0.569. The normalized spacial score (nSPS) is 12.5. The first-order valence-electron chi connectivity index (χ1n) is 8.66. The van der Waals surface area contributed by atoms with Gasteiger partial charge < -0.3 is 14.4 Å². The number of ether oxygens (including phenoxy) is 2. The zero-order valence-corrected chi connectivity index (χ0v) is 15.2. The maximum absolute atomic E-state index is 12.3. The molecule has 0 aliphatic carbocycles. The number of nitrogens with zero attached hydrogens (tertiary/aromatic N) is 1. The fourth-order valence-corrected chi connectivity index (χ4v) is 2.19. The van der Waals surface area contributed by atoms with Crippen LogP contribution in [0.2, 0.25) is 0 Å². The molecule has 0 aromatic heterocycles. The van der Waals surface area contributed by atoms with Gasteiger partial charge >= 0.3 is 5.97 Å². The SMILES string of the molecule is CCC(CN(CC)CC)OC(=O)c1ccc(OCC(C)C)cc1. The second-order valence-corrected chi connectivity index (χ2v) is 6.15. The van der Waals surface area contributed by atoms with Crippen LogP contribution in [-0.2, 0) is 4.74 Å². The highest BCUT2D eigenvalue weighted by Crippen LogP contribution is 2.15. The van der Waals surface area contributed by atoms with Crippen LogP contribution in [0.25, 0.3) is 0 Å². The average Bonchev–Trinajstić information content (AvgIpc) is 2.56. The first kappa shape index (κ1) is 19.5. The highest BCUT2D eigenvalue weighted by Gasteiger charge is 2.16. The summed E-state index contributed by atoms with van der Waals surface area (Å²) in [5.74, 6) is 0.995. The van der Waals surface area contributed by atoms with Gasteiger partial charge in [0.25, 0.3) is 0 Å². The molecule has 0 bridgehead atoms. The van der Waals surface area contributed by atoms with Gasteiger partial charge in [-0.3, -0.25) is 0 Å². The summed E-state index contributed by atoms with van der Waals surface area (Å²) >= 11 is 0. The molecule has 0 aliphatic rings. The molecule has 0 aliphatic heterocycles. The Morgan fingerprint density at radius 3 is 2.17 bits per heavy atom. The minimum Gasteiger partial charge on any atom is -0.493 e. The molecule has 0 heterocycles. The maximum Gasteiger partial charge on any atom is 0.338 e. The van der Waals surface area contributed by atoms with Gasteiger partial charge in [-0.2, -0.15) is 0 Å². The van der Waals surface area contributed by atoms with E-state index in [1.807, 2.05) is 19.1 Å². The Hall–Kier alpha value is -1.55. The van der Waals surface area contributed by atoms with Crippen LogP contribution in [0.5, 0.6) is 5.75 Å². The van der Waals surface area contributed by atoms with Crippen LogP contribution in [0, 0.1) is 5.92 Å².